The molecule has 104 valence electrons. The molecule has 3 rings (SSSR count). The molecule has 1 aromatic heterocycles. The number of fused-ring (bicyclic) bond motifs is 1. The normalized spacial score (nSPS) is 26.5. The highest BCUT2D eigenvalue weighted by Crippen LogP contribution is 2.39. The summed E-state index contributed by atoms with van der Waals surface area (Å²) >= 11 is 0. The molecule has 0 spiro atoms. The number of pyridine rings is 1. The summed E-state index contributed by atoms with van der Waals surface area (Å²) in [5.41, 5.74) is 1.36. The Hall–Kier alpha value is -1.09. The maximum atomic E-state index is 4.70. The van der Waals surface area contributed by atoms with Crippen molar-refractivity contribution in [2.24, 2.45) is 5.92 Å². The van der Waals surface area contributed by atoms with Gasteiger partial charge in [0, 0.05) is 30.9 Å². The van der Waals surface area contributed by atoms with Crippen LogP contribution in [0.3, 0.4) is 0 Å². The van der Waals surface area contributed by atoms with E-state index in [1.807, 2.05) is 6.20 Å². The van der Waals surface area contributed by atoms with Crippen LogP contribution >= 0.6 is 0 Å². The number of nitrogens with zero attached hydrogens (tertiary/aromatic N) is 2. The number of anilines is 1. The van der Waals surface area contributed by atoms with E-state index in [-0.39, 0.29) is 0 Å². The van der Waals surface area contributed by atoms with E-state index >= 15 is 0 Å². The van der Waals surface area contributed by atoms with E-state index < -0.39 is 0 Å². The van der Waals surface area contributed by atoms with Crippen LogP contribution in [-0.4, -0.2) is 24.1 Å². The van der Waals surface area contributed by atoms with Gasteiger partial charge in [0.25, 0.3) is 0 Å². The van der Waals surface area contributed by atoms with E-state index in [4.69, 9.17) is 4.98 Å². The van der Waals surface area contributed by atoms with Gasteiger partial charge in [-0.05, 0) is 44.2 Å². The van der Waals surface area contributed by atoms with Crippen LogP contribution in [0.2, 0.25) is 0 Å². The zero-order valence-corrected chi connectivity index (χ0v) is 11.9. The van der Waals surface area contributed by atoms with Crippen LogP contribution in [0.4, 0.5) is 5.82 Å². The number of hydrogen-bond acceptors (Lipinski definition) is 3. The predicted octanol–water partition coefficient (Wildman–Crippen LogP) is 2.96. The van der Waals surface area contributed by atoms with E-state index in [1.165, 1.54) is 50.0 Å². The van der Waals surface area contributed by atoms with Crippen molar-refractivity contribution in [2.45, 2.75) is 51.6 Å². The summed E-state index contributed by atoms with van der Waals surface area (Å²) in [5, 5.41) is 3.44. The maximum absolute atomic E-state index is 4.70. The van der Waals surface area contributed by atoms with Crippen molar-refractivity contribution < 1.29 is 0 Å². The second-order valence-electron chi connectivity index (χ2n) is 5.86. The fraction of sp³-hybridized carbons (Fsp3) is 0.688. The van der Waals surface area contributed by atoms with Crippen LogP contribution in [0.5, 0.6) is 0 Å². The molecule has 3 heteroatoms. The number of nitrogens with one attached hydrogen (secondary N) is 1. The lowest BCUT2D eigenvalue weighted by Gasteiger charge is -2.39. The van der Waals surface area contributed by atoms with Crippen molar-refractivity contribution in [1.29, 1.82) is 0 Å². The summed E-state index contributed by atoms with van der Waals surface area (Å²) in [4.78, 5) is 7.31. The smallest absolute Gasteiger partial charge is 0.133 e. The molecule has 2 fully saturated rings. The van der Waals surface area contributed by atoms with Gasteiger partial charge in [-0.25, -0.2) is 4.98 Å². The molecule has 3 nitrogen and oxygen atoms in total. The molecule has 2 aliphatic rings. The Bertz CT molecular complexity index is 418. The zero-order chi connectivity index (χ0) is 13.1. The monoisotopic (exact) mass is 259 g/mol. The third kappa shape index (κ3) is 2.62. The van der Waals surface area contributed by atoms with Crippen molar-refractivity contribution in [3.8, 4) is 0 Å². The highest BCUT2D eigenvalue weighted by Gasteiger charge is 2.36. The first-order valence-electron chi connectivity index (χ1n) is 7.81. The van der Waals surface area contributed by atoms with Gasteiger partial charge in [0.15, 0.2) is 0 Å². The summed E-state index contributed by atoms with van der Waals surface area (Å²) in [5.74, 6) is 2.16. The van der Waals surface area contributed by atoms with Gasteiger partial charge in [0.2, 0.25) is 0 Å². The zero-order valence-electron chi connectivity index (χ0n) is 11.9. The van der Waals surface area contributed by atoms with Crippen molar-refractivity contribution in [3.05, 3.63) is 23.9 Å². The first kappa shape index (κ1) is 12.9. The molecule has 2 heterocycles. The average molecular weight is 259 g/mol. The van der Waals surface area contributed by atoms with Gasteiger partial charge in [-0.3, -0.25) is 0 Å². The molecular formula is C16H25N3. The highest BCUT2D eigenvalue weighted by molar-refractivity contribution is 5.48. The minimum Gasteiger partial charge on any atom is -0.353 e. The van der Waals surface area contributed by atoms with Gasteiger partial charge in [-0.2, -0.15) is 0 Å². The third-order valence-corrected chi connectivity index (χ3v) is 4.70. The van der Waals surface area contributed by atoms with Crippen molar-refractivity contribution in [3.63, 3.8) is 0 Å². The van der Waals surface area contributed by atoms with Gasteiger partial charge >= 0.3 is 0 Å². The molecule has 1 aromatic rings. The summed E-state index contributed by atoms with van der Waals surface area (Å²) in [6, 6.07) is 5.04. The molecular weight excluding hydrogens is 234 g/mol. The molecule has 1 aliphatic carbocycles. The number of hydrogen-bond donors (Lipinski definition) is 1. The SMILES string of the molecule is CCNCc1cccnc1N1CCCC2CCCC21. The van der Waals surface area contributed by atoms with Crippen LogP contribution in [0.1, 0.15) is 44.6 Å². The molecule has 0 radical (unpaired) electrons. The topological polar surface area (TPSA) is 28.2 Å². The molecule has 0 amide bonds. The van der Waals surface area contributed by atoms with E-state index in [0.29, 0.717) is 0 Å². The number of aromatic nitrogens is 1. The fourth-order valence-corrected chi connectivity index (χ4v) is 3.80. The van der Waals surface area contributed by atoms with E-state index in [9.17, 15) is 0 Å². The van der Waals surface area contributed by atoms with Gasteiger partial charge in [-0.15, -0.1) is 0 Å². The predicted molar refractivity (Wildman–Crippen MR) is 79.3 cm³/mol. The summed E-state index contributed by atoms with van der Waals surface area (Å²) in [6.45, 7) is 5.30. The average Bonchev–Trinajstić information content (AvgIpc) is 2.94. The standard InChI is InChI=1S/C16H25N3/c1-2-17-12-14-7-4-10-18-16(14)19-11-5-8-13-6-3-9-15(13)19/h4,7,10,13,15,17H,2-3,5-6,8-9,11-12H2,1H3. The second kappa shape index (κ2) is 5.91. The van der Waals surface area contributed by atoms with Gasteiger partial charge in [-0.1, -0.05) is 19.4 Å². The lowest BCUT2D eigenvalue weighted by Crippen LogP contribution is -2.43. The third-order valence-electron chi connectivity index (χ3n) is 4.70. The van der Waals surface area contributed by atoms with E-state index in [1.54, 1.807) is 0 Å². The van der Waals surface area contributed by atoms with Crippen LogP contribution in [0.15, 0.2) is 18.3 Å². The summed E-state index contributed by atoms with van der Waals surface area (Å²) in [6.07, 6.45) is 8.90. The molecule has 1 aliphatic heterocycles. The largest absolute Gasteiger partial charge is 0.353 e. The van der Waals surface area contributed by atoms with Crippen LogP contribution in [0.25, 0.3) is 0 Å². The van der Waals surface area contributed by atoms with E-state index in [0.717, 1.165) is 25.0 Å². The quantitative estimate of drug-likeness (QED) is 0.901. The van der Waals surface area contributed by atoms with Crippen molar-refractivity contribution in [2.75, 3.05) is 18.0 Å². The Morgan fingerprint density at radius 1 is 1.32 bits per heavy atom. The molecule has 1 saturated heterocycles. The first-order chi connectivity index (χ1) is 9.40. The van der Waals surface area contributed by atoms with E-state index in [2.05, 4.69) is 29.3 Å². The molecule has 0 aromatic carbocycles. The lowest BCUT2D eigenvalue weighted by molar-refractivity contribution is 0.360. The van der Waals surface area contributed by atoms with Crippen LogP contribution in [0, 0.1) is 5.92 Å². The molecule has 1 saturated carbocycles. The minimum atomic E-state index is 0.754. The Morgan fingerprint density at radius 2 is 2.21 bits per heavy atom. The Balaban J connectivity index is 1.83. The minimum absolute atomic E-state index is 0.754. The molecule has 0 bridgehead atoms. The Morgan fingerprint density at radius 3 is 3.11 bits per heavy atom. The molecule has 2 unspecified atom stereocenters. The lowest BCUT2D eigenvalue weighted by atomic mass is 9.91. The fourth-order valence-electron chi connectivity index (χ4n) is 3.80. The maximum Gasteiger partial charge on any atom is 0.133 e. The molecule has 2 atom stereocenters. The summed E-state index contributed by atoms with van der Waals surface area (Å²) in [7, 11) is 0. The Labute approximate surface area is 116 Å². The first-order valence-corrected chi connectivity index (χ1v) is 7.81. The number of piperidine rings is 1. The highest BCUT2D eigenvalue weighted by atomic mass is 15.2. The summed E-state index contributed by atoms with van der Waals surface area (Å²) < 4.78 is 0. The molecule has 19 heavy (non-hydrogen) atoms. The van der Waals surface area contributed by atoms with Crippen LogP contribution < -0.4 is 10.2 Å². The Kier molecular flexibility index (Phi) is 4.02. The van der Waals surface area contributed by atoms with Gasteiger partial charge < -0.3 is 10.2 Å². The second-order valence-corrected chi connectivity index (χ2v) is 5.86. The van der Waals surface area contributed by atoms with Crippen LogP contribution in [-0.2, 0) is 6.54 Å². The number of rotatable bonds is 4. The van der Waals surface area contributed by atoms with Gasteiger partial charge in [0.05, 0.1) is 0 Å². The molecule has 1 N–H and O–H groups in total. The van der Waals surface area contributed by atoms with Gasteiger partial charge in [0.1, 0.15) is 5.82 Å². The van der Waals surface area contributed by atoms with Crippen molar-refractivity contribution in [1.82, 2.24) is 10.3 Å². The van der Waals surface area contributed by atoms with Crippen molar-refractivity contribution >= 4 is 5.82 Å².